The molecular formula is C24H31FN6O. The van der Waals surface area contributed by atoms with Crippen LogP contribution in [0.3, 0.4) is 0 Å². The van der Waals surface area contributed by atoms with Crippen molar-refractivity contribution in [3.63, 3.8) is 0 Å². The number of ether oxygens (including phenoxy) is 1. The van der Waals surface area contributed by atoms with Crippen LogP contribution in [0.1, 0.15) is 44.6 Å². The fraction of sp³-hybridized carbons (Fsp3) is 0.458. The van der Waals surface area contributed by atoms with E-state index in [1.165, 1.54) is 6.07 Å². The van der Waals surface area contributed by atoms with E-state index in [4.69, 9.17) is 4.74 Å². The minimum atomic E-state index is -0.357. The maximum Gasteiger partial charge on any atom is 0.173 e. The van der Waals surface area contributed by atoms with Gasteiger partial charge in [-0.2, -0.15) is 0 Å². The van der Waals surface area contributed by atoms with Gasteiger partial charge in [-0.15, -0.1) is 5.10 Å². The SMILES string of the molecule is CCC(C)(C)n1nnnc1[C@@H](c1ccccc1F)N1CCN(c2cccc(OC)c2)CC1. The number of hydrogen-bond donors (Lipinski definition) is 0. The average Bonchev–Trinajstić information content (AvgIpc) is 3.31. The molecular weight excluding hydrogens is 407 g/mol. The number of rotatable bonds is 7. The van der Waals surface area contributed by atoms with Gasteiger partial charge in [-0.25, -0.2) is 9.07 Å². The maximum atomic E-state index is 15.0. The van der Waals surface area contributed by atoms with Crippen LogP contribution in [0.5, 0.6) is 5.75 Å². The van der Waals surface area contributed by atoms with E-state index in [2.05, 4.69) is 52.2 Å². The van der Waals surface area contributed by atoms with Crippen LogP contribution < -0.4 is 9.64 Å². The number of halogens is 1. The Morgan fingerprint density at radius 3 is 2.50 bits per heavy atom. The molecule has 4 rings (SSSR count). The molecule has 1 aromatic heterocycles. The normalized spacial score (nSPS) is 16.2. The van der Waals surface area contributed by atoms with Crippen LogP contribution in [0.15, 0.2) is 48.5 Å². The quantitative estimate of drug-likeness (QED) is 0.558. The molecule has 2 aromatic carbocycles. The second kappa shape index (κ2) is 9.24. The predicted octanol–water partition coefficient (Wildman–Crippen LogP) is 3.88. The molecule has 0 spiro atoms. The van der Waals surface area contributed by atoms with Gasteiger partial charge in [0.25, 0.3) is 0 Å². The van der Waals surface area contributed by atoms with Crippen LogP contribution in [-0.4, -0.2) is 58.4 Å². The molecule has 170 valence electrons. The fourth-order valence-corrected chi connectivity index (χ4v) is 4.19. The second-order valence-electron chi connectivity index (χ2n) is 8.76. The summed E-state index contributed by atoms with van der Waals surface area (Å²) in [5.41, 5.74) is 1.46. The van der Waals surface area contributed by atoms with Gasteiger partial charge in [0.2, 0.25) is 0 Å². The highest BCUT2D eigenvalue weighted by Gasteiger charge is 2.35. The minimum Gasteiger partial charge on any atom is -0.497 e. The first-order valence-corrected chi connectivity index (χ1v) is 11.1. The third-order valence-electron chi connectivity index (χ3n) is 6.47. The van der Waals surface area contributed by atoms with Gasteiger partial charge in [0.1, 0.15) is 17.6 Å². The number of nitrogens with zero attached hydrogens (tertiary/aromatic N) is 6. The summed E-state index contributed by atoms with van der Waals surface area (Å²) in [5.74, 6) is 1.28. The van der Waals surface area contributed by atoms with Gasteiger partial charge in [0.05, 0.1) is 12.6 Å². The fourth-order valence-electron chi connectivity index (χ4n) is 4.19. The molecule has 0 amide bonds. The maximum absolute atomic E-state index is 15.0. The molecule has 1 saturated heterocycles. The summed E-state index contributed by atoms with van der Waals surface area (Å²) in [6.07, 6.45) is 0.860. The zero-order valence-corrected chi connectivity index (χ0v) is 19.2. The first-order valence-electron chi connectivity index (χ1n) is 11.1. The lowest BCUT2D eigenvalue weighted by Gasteiger charge is -2.40. The Hall–Kier alpha value is -3.00. The van der Waals surface area contributed by atoms with E-state index in [1.807, 2.05) is 35.0 Å². The number of anilines is 1. The van der Waals surface area contributed by atoms with Gasteiger partial charge in [0, 0.05) is 43.5 Å². The first-order chi connectivity index (χ1) is 15.4. The van der Waals surface area contributed by atoms with Crippen molar-refractivity contribution in [3.05, 3.63) is 65.7 Å². The Morgan fingerprint density at radius 1 is 1.06 bits per heavy atom. The number of tetrazole rings is 1. The van der Waals surface area contributed by atoms with Gasteiger partial charge >= 0.3 is 0 Å². The van der Waals surface area contributed by atoms with Crippen molar-refractivity contribution in [2.45, 2.75) is 38.8 Å². The van der Waals surface area contributed by atoms with Gasteiger partial charge in [-0.3, -0.25) is 4.90 Å². The van der Waals surface area contributed by atoms with E-state index in [1.54, 1.807) is 13.2 Å². The van der Waals surface area contributed by atoms with E-state index >= 15 is 0 Å². The van der Waals surface area contributed by atoms with Crippen molar-refractivity contribution >= 4 is 5.69 Å². The smallest absolute Gasteiger partial charge is 0.173 e. The van der Waals surface area contributed by atoms with Crippen LogP contribution in [0.2, 0.25) is 0 Å². The molecule has 0 unspecified atom stereocenters. The van der Waals surface area contributed by atoms with E-state index in [0.29, 0.717) is 11.4 Å². The molecule has 1 atom stereocenters. The minimum absolute atomic E-state index is 0.239. The molecule has 0 aliphatic carbocycles. The molecule has 1 fully saturated rings. The van der Waals surface area contributed by atoms with Crippen LogP contribution in [0.4, 0.5) is 10.1 Å². The zero-order valence-electron chi connectivity index (χ0n) is 19.2. The van der Waals surface area contributed by atoms with E-state index in [0.717, 1.165) is 44.0 Å². The molecule has 0 bridgehead atoms. The largest absolute Gasteiger partial charge is 0.497 e. The molecule has 0 radical (unpaired) electrons. The average molecular weight is 439 g/mol. The van der Waals surface area contributed by atoms with Crippen molar-refractivity contribution in [1.29, 1.82) is 0 Å². The first kappa shape index (κ1) is 22.2. The Labute approximate surface area is 188 Å². The summed E-state index contributed by atoms with van der Waals surface area (Å²) in [4.78, 5) is 4.61. The van der Waals surface area contributed by atoms with E-state index in [9.17, 15) is 4.39 Å². The summed E-state index contributed by atoms with van der Waals surface area (Å²) in [6.45, 7) is 9.47. The van der Waals surface area contributed by atoms with Crippen LogP contribution in [0, 0.1) is 5.82 Å². The third kappa shape index (κ3) is 4.32. The second-order valence-corrected chi connectivity index (χ2v) is 8.76. The zero-order chi connectivity index (χ0) is 22.7. The summed E-state index contributed by atoms with van der Waals surface area (Å²) in [6, 6.07) is 14.7. The molecule has 8 heteroatoms. The highest BCUT2D eigenvalue weighted by Crippen LogP contribution is 2.33. The lowest BCUT2D eigenvalue weighted by Crippen LogP contribution is -2.49. The lowest BCUT2D eigenvalue weighted by atomic mass is 9.98. The van der Waals surface area contributed by atoms with Crippen LogP contribution in [0.25, 0.3) is 0 Å². The van der Waals surface area contributed by atoms with Crippen molar-refractivity contribution in [2.75, 3.05) is 38.2 Å². The Balaban J connectivity index is 1.65. The van der Waals surface area contributed by atoms with Gasteiger partial charge in [0.15, 0.2) is 5.82 Å². The number of piperazine rings is 1. The standard InChI is InChI=1S/C24H31FN6O/c1-5-24(2,3)31-23(26-27-28-31)22(20-11-6-7-12-21(20)25)30-15-13-29(14-16-30)18-9-8-10-19(17-18)32-4/h6-12,17,22H,5,13-16H2,1-4H3/t22-/m1/s1. The molecule has 1 aliphatic rings. The highest BCUT2D eigenvalue weighted by atomic mass is 19.1. The lowest BCUT2D eigenvalue weighted by molar-refractivity contribution is 0.184. The topological polar surface area (TPSA) is 59.3 Å². The van der Waals surface area contributed by atoms with Crippen LogP contribution >= 0.6 is 0 Å². The van der Waals surface area contributed by atoms with Crippen molar-refractivity contribution in [2.24, 2.45) is 0 Å². The highest BCUT2D eigenvalue weighted by molar-refractivity contribution is 5.51. The number of methoxy groups -OCH3 is 1. The van der Waals surface area contributed by atoms with Crippen molar-refractivity contribution in [3.8, 4) is 5.75 Å². The molecule has 3 aromatic rings. The van der Waals surface area contributed by atoms with E-state index < -0.39 is 0 Å². The van der Waals surface area contributed by atoms with E-state index in [-0.39, 0.29) is 17.4 Å². The van der Waals surface area contributed by atoms with Crippen molar-refractivity contribution in [1.82, 2.24) is 25.1 Å². The Morgan fingerprint density at radius 2 is 1.81 bits per heavy atom. The third-order valence-corrected chi connectivity index (χ3v) is 6.47. The summed E-state index contributed by atoms with van der Waals surface area (Å²) in [7, 11) is 1.68. The van der Waals surface area contributed by atoms with Gasteiger partial charge in [-0.1, -0.05) is 31.2 Å². The number of hydrogen-bond acceptors (Lipinski definition) is 6. The molecule has 0 saturated carbocycles. The predicted molar refractivity (Wildman–Crippen MR) is 122 cm³/mol. The Kier molecular flexibility index (Phi) is 6.41. The summed E-state index contributed by atoms with van der Waals surface area (Å²) in [5, 5.41) is 12.7. The summed E-state index contributed by atoms with van der Waals surface area (Å²) < 4.78 is 22.2. The molecule has 7 nitrogen and oxygen atoms in total. The molecule has 2 heterocycles. The monoisotopic (exact) mass is 438 g/mol. The van der Waals surface area contributed by atoms with Crippen LogP contribution in [-0.2, 0) is 5.54 Å². The molecule has 1 aliphatic heterocycles. The molecule has 0 N–H and O–H groups in total. The van der Waals surface area contributed by atoms with Crippen molar-refractivity contribution < 1.29 is 9.13 Å². The molecule has 32 heavy (non-hydrogen) atoms. The number of aromatic nitrogens is 4. The Bertz CT molecular complexity index is 1040. The van der Waals surface area contributed by atoms with Gasteiger partial charge in [-0.05, 0) is 48.9 Å². The van der Waals surface area contributed by atoms with Gasteiger partial charge < -0.3 is 9.64 Å². The number of benzene rings is 2. The summed E-state index contributed by atoms with van der Waals surface area (Å²) >= 11 is 0.